The Bertz CT molecular complexity index is 427. The Labute approximate surface area is 82.1 Å². The highest BCUT2D eigenvalue weighted by Gasteiger charge is 2.58. The van der Waals surface area contributed by atoms with Gasteiger partial charge in [0.05, 0.1) is 0 Å². The highest BCUT2D eigenvalue weighted by atomic mass is 15.6. The molecule has 2 aliphatic rings. The average molecular weight is 190 g/mol. The van der Waals surface area contributed by atoms with Crippen molar-refractivity contribution in [2.75, 3.05) is 18.9 Å². The number of quaternary nitrogens is 1. The molecule has 72 valence electrons. The average Bonchev–Trinajstić information content (AvgIpc) is 2.69. The number of anilines is 1. The Morgan fingerprint density at radius 2 is 2.29 bits per heavy atom. The van der Waals surface area contributed by atoms with Gasteiger partial charge in [-0.25, -0.2) is 9.47 Å². The summed E-state index contributed by atoms with van der Waals surface area (Å²) >= 11 is 0. The second-order valence-corrected chi connectivity index (χ2v) is 3.85. The standard InChI is InChI=1S/C9H12N5/c1-6-3-14(6)5-13-7-8(10-2)11-4-12-9(7)14/h4-6H,3H2,1-2H3,(H,10,11,12)/q+1. The molecule has 2 unspecified atom stereocenters. The highest BCUT2D eigenvalue weighted by Crippen LogP contribution is 2.47. The number of nitrogens with zero attached hydrogens (tertiary/aromatic N) is 4. The molecule has 3 heterocycles. The molecule has 1 fully saturated rings. The lowest BCUT2D eigenvalue weighted by Gasteiger charge is -2.07. The summed E-state index contributed by atoms with van der Waals surface area (Å²) in [5.41, 5.74) is 0.902. The molecule has 0 radical (unpaired) electrons. The molecule has 1 saturated heterocycles. The lowest BCUT2D eigenvalue weighted by Crippen LogP contribution is -2.24. The van der Waals surface area contributed by atoms with E-state index in [0.29, 0.717) is 6.04 Å². The van der Waals surface area contributed by atoms with Gasteiger partial charge >= 0.3 is 0 Å². The van der Waals surface area contributed by atoms with E-state index in [9.17, 15) is 0 Å². The van der Waals surface area contributed by atoms with Crippen LogP contribution >= 0.6 is 0 Å². The number of hydrogen-bond donors (Lipinski definition) is 1. The zero-order valence-electron chi connectivity index (χ0n) is 8.23. The van der Waals surface area contributed by atoms with Crippen molar-refractivity contribution in [3.63, 3.8) is 0 Å². The topological polar surface area (TPSA) is 50.2 Å². The first kappa shape index (κ1) is 7.87. The molecule has 0 bridgehead atoms. The van der Waals surface area contributed by atoms with E-state index < -0.39 is 0 Å². The van der Waals surface area contributed by atoms with Gasteiger partial charge in [-0.2, -0.15) is 9.98 Å². The van der Waals surface area contributed by atoms with E-state index in [1.807, 2.05) is 13.4 Å². The number of fused-ring (bicyclic) bond motifs is 2. The van der Waals surface area contributed by atoms with Crippen molar-refractivity contribution in [2.24, 2.45) is 4.99 Å². The van der Waals surface area contributed by atoms with E-state index >= 15 is 0 Å². The Kier molecular flexibility index (Phi) is 1.29. The first-order chi connectivity index (χ1) is 6.78. The maximum Gasteiger partial charge on any atom is 0.265 e. The van der Waals surface area contributed by atoms with E-state index in [1.54, 1.807) is 6.33 Å². The van der Waals surface area contributed by atoms with Crippen LogP contribution in [-0.4, -0.2) is 35.9 Å². The van der Waals surface area contributed by atoms with Crippen LogP contribution in [0.3, 0.4) is 0 Å². The molecule has 0 amide bonds. The first-order valence-electron chi connectivity index (χ1n) is 4.74. The fourth-order valence-electron chi connectivity index (χ4n) is 2.04. The molecule has 1 spiro atoms. The van der Waals surface area contributed by atoms with Crippen molar-refractivity contribution in [1.82, 2.24) is 14.5 Å². The zero-order valence-corrected chi connectivity index (χ0v) is 8.23. The fraction of sp³-hybridized carbons (Fsp3) is 0.444. The van der Waals surface area contributed by atoms with Gasteiger partial charge in [0.25, 0.3) is 5.82 Å². The third-order valence-electron chi connectivity index (χ3n) is 3.05. The number of rotatable bonds is 1. The van der Waals surface area contributed by atoms with Crippen molar-refractivity contribution in [3.8, 4) is 0 Å². The molecule has 1 N–H and O–H groups in total. The molecule has 3 rings (SSSR count). The summed E-state index contributed by atoms with van der Waals surface area (Å²) in [6.07, 6.45) is 3.58. The minimum absolute atomic E-state index is 0.611. The Balaban J connectivity index is 2.18. The number of nitrogens with one attached hydrogen (secondary N) is 1. The van der Waals surface area contributed by atoms with Gasteiger partial charge in [0.15, 0.2) is 17.8 Å². The predicted molar refractivity (Wildman–Crippen MR) is 55.9 cm³/mol. The zero-order chi connectivity index (χ0) is 9.76. The van der Waals surface area contributed by atoms with Crippen LogP contribution in [0.4, 0.5) is 17.3 Å². The van der Waals surface area contributed by atoms with Crippen LogP contribution in [0.15, 0.2) is 11.3 Å². The Hall–Kier alpha value is -1.49. The van der Waals surface area contributed by atoms with Gasteiger partial charge in [0.1, 0.15) is 18.9 Å². The van der Waals surface area contributed by atoms with E-state index in [4.69, 9.17) is 0 Å². The van der Waals surface area contributed by atoms with Crippen LogP contribution in [0.5, 0.6) is 0 Å². The third kappa shape index (κ3) is 0.754. The van der Waals surface area contributed by atoms with Gasteiger partial charge in [0.2, 0.25) is 0 Å². The summed E-state index contributed by atoms with van der Waals surface area (Å²) in [6.45, 7) is 3.32. The fourth-order valence-corrected chi connectivity index (χ4v) is 2.04. The Morgan fingerprint density at radius 1 is 1.50 bits per heavy atom. The molecule has 14 heavy (non-hydrogen) atoms. The van der Waals surface area contributed by atoms with E-state index in [0.717, 1.165) is 28.4 Å². The molecular formula is C9H12N5+. The van der Waals surface area contributed by atoms with E-state index in [2.05, 4.69) is 27.2 Å². The molecule has 5 heteroatoms. The van der Waals surface area contributed by atoms with Crippen molar-refractivity contribution < 1.29 is 0 Å². The van der Waals surface area contributed by atoms with Crippen LogP contribution in [0.1, 0.15) is 6.92 Å². The summed E-state index contributed by atoms with van der Waals surface area (Å²) in [7, 11) is 1.85. The quantitative estimate of drug-likeness (QED) is 0.528. The summed E-state index contributed by atoms with van der Waals surface area (Å²) in [6, 6.07) is 0.611. The van der Waals surface area contributed by atoms with Crippen molar-refractivity contribution in [1.29, 1.82) is 0 Å². The molecular weight excluding hydrogens is 178 g/mol. The molecule has 0 aromatic carbocycles. The molecule has 0 aliphatic carbocycles. The largest absolute Gasteiger partial charge is 0.371 e. The number of hydrogen-bond acceptors (Lipinski definition) is 4. The van der Waals surface area contributed by atoms with Gasteiger partial charge in [-0.3, -0.25) is 0 Å². The monoisotopic (exact) mass is 190 g/mol. The second kappa shape index (κ2) is 2.30. The summed E-state index contributed by atoms with van der Waals surface area (Å²) in [4.78, 5) is 12.9. The van der Waals surface area contributed by atoms with Crippen molar-refractivity contribution in [3.05, 3.63) is 6.33 Å². The van der Waals surface area contributed by atoms with Gasteiger partial charge in [-0.05, 0) is 6.92 Å². The van der Waals surface area contributed by atoms with E-state index in [-0.39, 0.29) is 0 Å². The predicted octanol–water partition coefficient (Wildman–Crippen LogP) is 0.901. The van der Waals surface area contributed by atoms with Gasteiger partial charge in [-0.15, -0.1) is 0 Å². The van der Waals surface area contributed by atoms with Crippen LogP contribution in [0.25, 0.3) is 0 Å². The van der Waals surface area contributed by atoms with Gasteiger partial charge < -0.3 is 5.32 Å². The number of aromatic nitrogens is 2. The van der Waals surface area contributed by atoms with Gasteiger partial charge in [0, 0.05) is 7.05 Å². The summed E-state index contributed by atoms with van der Waals surface area (Å²) in [5, 5.41) is 3.03. The molecule has 2 aliphatic heterocycles. The Morgan fingerprint density at radius 3 is 2.93 bits per heavy atom. The molecule has 5 nitrogen and oxygen atoms in total. The minimum Gasteiger partial charge on any atom is -0.371 e. The van der Waals surface area contributed by atoms with Crippen LogP contribution in [0.2, 0.25) is 0 Å². The second-order valence-electron chi connectivity index (χ2n) is 3.85. The third-order valence-corrected chi connectivity index (χ3v) is 3.05. The smallest absolute Gasteiger partial charge is 0.265 e. The summed E-state index contributed by atoms with van der Waals surface area (Å²) < 4.78 is 0.812. The van der Waals surface area contributed by atoms with Crippen LogP contribution in [0, 0.1) is 0 Å². The lowest BCUT2D eigenvalue weighted by atomic mass is 10.4. The highest BCUT2D eigenvalue weighted by molar-refractivity contribution is 5.94. The molecule has 1 aromatic heterocycles. The normalized spacial score (nSPS) is 32.0. The SMILES string of the molecule is CNc1ncnc2c1N=C[N+]21CC1C. The van der Waals surface area contributed by atoms with Gasteiger partial charge in [-0.1, -0.05) is 0 Å². The maximum absolute atomic E-state index is 4.40. The van der Waals surface area contributed by atoms with Crippen molar-refractivity contribution in [2.45, 2.75) is 13.0 Å². The maximum atomic E-state index is 4.40. The van der Waals surface area contributed by atoms with Crippen molar-refractivity contribution >= 4 is 23.7 Å². The van der Waals surface area contributed by atoms with E-state index in [1.165, 1.54) is 0 Å². The number of aliphatic imine (C=N–C) groups is 1. The molecule has 1 aromatic rings. The lowest BCUT2D eigenvalue weighted by molar-refractivity contribution is 0.733. The molecule has 0 saturated carbocycles. The minimum atomic E-state index is 0.611. The van der Waals surface area contributed by atoms with Crippen LogP contribution in [-0.2, 0) is 0 Å². The molecule has 2 atom stereocenters. The first-order valence-corrected chi connectivity index (χ1v) is 4.74. The summed E-state index contributed by atoms with van der Waals surface area (Å²) in [5.74, 6) is 1.86. The van der Waals surface area contributed by atoms with Crippen LogP contribution < -0.4 is 9.80 Å².